The normalized spacial score (nSPS) is 25.1. The summed E-state index contributed by atoms with van der Waals surface area (Å²) >= 11 is 3.26. The van der Waals surface area contributed by atoms with Crippen LogP contribution in [0, 0.1) is 0 Å². The molecular weight excluding hydrogens is 306 g/mol. The summed E-state index contributed by atoms with van der Waals surface area (Å²) in [5.41, 5.74) is 0. The predicted molar refractivity (Wildman–Crippen MR) is 68.3 cm³/mol. The Morgan fingerprint density at radius 2 is 2.24 bits per heavy atom. The van der Waals surface area contributed by atoms with Gasteiger partial charge >= 0.3 is 0 Å². The van der Waals surface area contributed by atoms with Gasteiger partial charge in [-0.1, -0.05) is 22.0 Å². The molecule has 6 heteroatoms. The summed E-state index contributed by atoms with van der Waals surface area (Å²) < 4.78 is 33.0. The molecule has 1 aliphatic rings. The molecule has 1 heterocycles. The molecule has 2 atom stereocenters. The number of hydrogen-bond acceptors (Lipinski definition) is 3. The zero-order valence-electron chi connectivity index (χ0n) is 9.39. The Balaban J connectivity index is 2.19. The number of rotatable bonds is 3. The van der Waals surface area contributed by atoms with Gasteiger partial charge in [-0.25, -0.2) is 13.1 Å². The van der Waals surface area contributed by atoms with E-state index in [0.29, 0.717) is 13.0 Å². The molecule has 1 aromatic rings. The summed E-state index contributed by atoms with van der Waals surface area (Å²) in [7, 11) is -3.46. The second kappa shape index (κ2) is 5.06. The van der Waals surface area contributed by atoms with Crippen LogP contribution >= 0.6 is 15.9 Å². The van der Waals surface area contributed by atoms with Crippen molar-refractivity contribution in [3.8, 4) is 0 Å². The molecule has 0 aliphatic carbocycles. The van der Waals surface area contributed by atoms with E-state index in [-0.39, 0.29) is 17.0 Å². The van der Waals surface area contributed by atoms with Crippen LogP contribution in [0.2, 0.25) is 0 Å². The number of halogens is 1. The third kappa shape index (κ3) is 3.07. The molecule has 1 aromatic carbocycles. The summed E-state index contributed by atoms with van der Waals surface area (Å²) in [6, 6.07) is 6.52. The standard InChI is InChI=1S/C11H14BrNO3S/c1-8-11(5-6-16-8)13-17(14,15)10-4-2-3-9(12)7-10/h2-4,7-8,11,13H,5-6H2,1H3/t8-,11-/m1/s1. The van der Waals surface area contributed by atoms with Gasteiger partial charge in [0.2, 0.25) is 10.0 Å². The van der Waals surface area contributed by atoms with E-state index in [2.05, 4.69) is 20.7 Å². The first-order valence-corrected chi connectivity index (χ1v) is 7.66. The fourth-order valence-corrected chi connectivity index (χ4v) is 3.72. The number of nitrogens with one attached hydrogen (secondary N) is 1. The van der Waals surface area contributed by atoms with Crippen LogP contribution < -0.4 is 4.72 Å². The van der Waals surface area contributed by atoms with Crippen molar-refractivity contribution >= 4 is 26.0 Å². The minimum Gasteiger partial charge on any atom is -0.377 e. The topological polar surface area (TPSA) is 55.4 Å². The maximum absolute atomic E-state index is 12.1. The lowest BCUT2D eigenvalue weighted by molar-refractivity contribution is 0.117. The van der Waals surface area contributed by atoms with E-state index >= 15 is 0 Å². The quantitative estimate of drug-likeness (QED) is 0.925. The Hall–Kier alpha value is -0.430. The zero-order valence-corrected chi connectivity index (χ0v) is 11.8. The molecule has 0 saturated carbocycles. The van der Waals surface area contributed by atoms with Gasteiger partial charge in [-0.3, -0.25) is 0 Å². The molecule has 1 N–H and O–H groups in total. The van der Waals surface area contributed by atoms with Gasteiger partial charge in [0.25, 0.3) is 0 Å². The van der Waals surface area contributed by atoms with Crippen molar-refractivity contribution in [3.05, 3.63) is 28.7 Å². The number of sulfonamides is 1. The molecule has 17 heavy (non-hydrogen) atoms. The van der Waals surface area contributed by atoms with E-state index in [9.17, 15) is 8.42 Å². The highest BCUT2D eigenvalue weighted by atomic mass is 79.9. The molecule has 1 fully saturated rings. The van der Waals surface area contributed by atoms with Crippen molar-refractivity contribution in [3.63, 3.8) is 0 Å². The van der Waals surface area contributed by atoms with Crippen LogP contribution in [-0.4, -0.2) is 27.2 Å². The maximum Gasteiger partial charge on any atom is 0.240 e. The van der Waals surface area contributed by atoms with Crippen LogP contribution in [0.1, 0.15) is 13.3 Å². The molecule has 0 spiro atoms. The molecule has 1 aliphatic heterocycles. The molecule has 1 saturated heterocycles. The summed E-state index contributed by atoms with van der Waals surface area (Å²) in [5.74, 6) is 0. The molecule has 0 radical (unpaired) electrons. The Morgan fingerprint density at radius 1 is 1.47 bits per heavy atom. The van der Waals surface area contributed by atoms with Gasteiger partial charge in [0.1, 0.15) is 0 Å². The SMILES string of the molecule is C[C@H]1OCC[C@H]1NS(=O)(=O)c1cccc(Br)c1. The highest BCUT2D eigenvalue weighted by Crippen LogP contribution is 2.19. The molecule has 0 amide bonds. The van der Waals surface area contributed by atoms with Gasteiger partial charge in [-0.2, -0.15) is 0 Å². The Labute approximate surface area is 110 Å². The highest BCUT2D eigenvalue weighted by molar-refractivity contribution is 9.10. The van der Waals surface area contributed by atoms with Crippen molar-refractivity contribution in [2.45, 2.75) is 30.4 Å². The monoisotopic (exact) mass is 319 g/mol. The van der Waals surface area contributed by atoms with Crippen LogP contribution in [0.4, 0.5) is 0 Å². The maximum atomic E-state index is 12.1. The lowest BCUT2D eigenvalue weighted by Gasteiger charge is -2.16. The Morgan fingerprint density at radius 3 is 2.82 bits per heavy atom. The minimum absolute atomic E-state index is 0.0723. The number of benzene rings is 1. The molecular formula is C11H14BrNO3S. The Bertz CT molecular complexity index is 503. The van der Waals surface area contributed by atoms with Crippen molar-refractivity contribution < 1.29 is 13.2 Å². The molecule has 94 valence electrons. The first-order chi connectivity index (χ1) is 7.99. The largest absolute Gasteiger partial charge is 0.377 e. The zero-order chi connectivity index (χ0) is 12.5. The van der Waals surface area contributed by atoms with Crippen LogP contribution in [0.3, 0.4) is 0 Å². The van der Waals surface area contributed by atoms with Gasteiger partial charge in [0.15, 0.2) is 0 Å². The average Bonchev–Trinajstić information content (AvgIpc) is 2.64. The minimum atomic E-state index is -3.46. The van der Waals surface area contributed by atoms with E-state index < -0.39 is 10.0 Å². The lowest BCUT2D eigenvalue weighted by Crippen LogP contribution is -2.39. The fraction of sp³-hybridized carbons (Fsp3) is 0.455. The van der Waals surface area contributed by atoms with Gasteiger partial charge in [0.05, 0.1) is 17.0 Å². The average molecular weight is 320 g/mol. The van der Waals surface area contributed by atoms with E-state index in [0.717, 1.165) is 4.47 Å². The van der Waals surface area contributed by atoms with Gasteiger partial charge in [0, 0.05) is 11.1 Å². The molecule has 0 unspecified atom stereocenters. The van der Waals surface area contributed by atoms with Crippen LogP contribution in [0.25, 0.3) is 0 Å². The lowest BCUT2D eigenvalue weighted by atomic mass is 10.2. The van der Waals surface area contributed by atoms with Gasteiger partial charge < -0.3 is 4.74 Å². The summed E-state index contributed by atoms with van der Waals surface area (Å²) in [5, 5.41) is 0. The smallest absolute Gasteiger partial charge is 0.240 e. The van der Waals surface area contributed by atoms with Crippen molar-refractivity contribution in [2.24, 2.45) is 0 Å². The first kappa shape index (κ1) is 13.0. The Kier molecular flexibility index (Phi) is 3.87. The molecule has 2 rings (SSSR count). The van der Waals surface area contributed by atoms with Crippen molar-refractivity contribution in [2.75, 3.05) is 6.61 Å². The molecule has 4 nitrogen and oxygen atoms in total. The molecule has 0 bridgehead atoms. The second-order valence-corrected chi connectivity index (χ2v) is 6.68. The van der Waals surface area contributed by atoms with Crippen LogP contribution in [-0.2, 0) is 14.8 Å². The van der Waals surface area contributed by atoms with Crippen LogP contribution in [0.15, 0.2) is 33.6 Å². The summed E-state index contributed by atoms with van der Waals surface area (Å²) in [4.78, 5) is 0.269. The van der Waals surface area contributed by atoms with Crippen molar-refractivity contribution in [1.82, 2.24) is 4.72 Å². The third-order valence-corrected chi connectivity index (χ3v) is 4.77. The first-order valence-electron chi connectivity index (χ1n) is 5.38. The molecule has 0 aromatic heterocycles. The van der Waals surface area contributed by atoms with E-state index in [4.69, 9.17) is 4.74 Å². The van der Waals surface area contributed by atoms with E-state index in [1.54, 1.807) is 24.3 Å². The van der Waals surface area contributed by atoms with Crippen molar-refractivity contribution in [1.29, 1.82) is 0 Å². The van der Waals surface area contributed by atoms with Gasteiger partial charge in [-0.15, -0.1) is 0 Å². The fourth-order valence-electron chi connectivity index (χ4n) is 1.79. The third-order valence-electron chi connectivity index (χ3n) is 2.79. The predicted octanol–water partition coefficient (Wildman–Crippen LogP) is 1.90. The van der Waals surface area contributed by atoms with E-state index in [1.165, 1.54) is 0 Å². The number of hydrogen-bond donors (Lipinski definition) is 1. The number of ether oxygens (including phenoxy) is 1. The van der Waals surface area contributed by atoms with E-state index in [1.807, 2.05) is 6.92 Å². The highest BCUT2D eigenvalue weighted by Gasteiger charge is 2.29. The van der Waals surface area contributed by atoms with Gasteiger partial charge in [-0.05, 0) is 31.5 Å². The second-order valence-electron chi connectivity index (χ2n) is 4.05. The summed E-state index contributed by atoms with van der Waals surface area (Å²) in [6.07, 6.45) is 0.644. The van der Waals surface area contributed by atoms with Crippen LogP contribution in [0.5, 0.6) is 0 Å². The summed E-state index contributed by atoms with van der Waals surface area (Å²) in [6.45, 7) is 2.48.